The number of carboxylic acids is 1. The number of hydrogen-bond donors (Lipinski definition) is 3. The van der Waals surface area contributed by atoms with Crippen molar-refractivity contribution in [2.24, 2.45) is 11.5 Å². The normalized spacial score (nSPS) is 5.50. The second-order valence-corrected chi connectivity index (χ2v) is 1.10. The van der Waals surface area contributed by atoms with Crippen molar-refractivity contribution in [3.8, 4) is 0 Å². The molecule has 6 heteroatoms. The van der Waals surface area contributed by atoms with Gasteiger partial charge in [-0.3, -0.25) is 4.79 Å². The van der Waals surface area contributed by atoms with Crippen LogP contribution in [0.15, 0.2) is 0 Å². The van der Waals surface area contributed by atoms with Crippen LogP contribution in [-0.2, 0) is 4.79 Å². The topological polar surface area (TPSA) is 89.3 Å². The van der Waals surface area contributed by atoms with Crippen LogP contribution in [0.1, 0.15) is 6.92 Å². The number of carboxylic acid groups (broad SMARTS) is 1. The molecule has 0 unspecified atom stereocenters. The fraction of sp³-hybridized carbons (Fsp3) is 0.750. The molecule has 0 amide bonds. The average Bonchev–Trinajstić information content (AvgIpc) is 1.65. The molecule has 0 aliphatic heterocycles. The van der Waals surface area contributed by atoms with Crippen molar-refractivity contribution in [2.45, 2.75) is 6.92 Å². The Morgan fingerprint density at radius 2 is 1.40 bits per heavy atom. The molecule has 5 N–H and O–H groups in total. The van der Waals surface area contributed by atoms with Crippen LogP contribution >= 0.6 is 0 Å². The molecule has 0 aliphatic carbocycles. The third-order valence-corrected chi connectivity index (χ3v) is 0.167. The molecule has 0 aliphatic rings. The molecule has 0 saturated carbocycles. The molecule has 0 saturated heterocycles. The van der Waals surface area contributed by atoms with Gasteiger partial charge in [0.25, 0.3) is 5.97 Å². The summed E-state index contributed by atoms with van der Waals surface area (Å²) < 4.78 is 0. The van der Waals surface area contributed by atoms with E-state index in [2.05, 4.69) is 0 Å². The summed E-state index contributed by atoms with van der Waals surface area (Å²) in [6.07, 6.45) is 0. The zero-order chi connectivity index (χ0) is 6.99. The summed E-state index contributed by atoms with van der Waals surface area (Å²) in [5.74, 6) is -0.833. The van der Waals surface area contributed by atoms with Gasteiger partial charge in [-0.1, -0.05) is 0 Å². The van der Waals surface area contributed by atoms with Crippen LogP contribution in [0.2, 0.25) is 0 Å². The monoisotopic (exact) mass is 200 g/mol. The van der Waals surface area contributed by atoms with E-state index in [1.165, 1.54) is 0 Å². The minimum absolute atomic E-state index is 0. The van der Waals surface area contributed by atoms with Gasteiger partial charge in [0.05, 0.1) is 0 Å². The van der Waals surface area contributed by atoms with Crippen LogP contribution in [-0.4, -0.2) is 127 Å². The van der Waals surface area contributed by atoms with Gasteiger partial charge in [-0.25, -0.2) is 0 Å². The van der Waals surface area contributed by atoms with Crippen LogP contribution in [0.25, 0.3) is 0 Å². The first-order chi connectivity index (χ1) is 3.65. The van der Waals surface area contributed by atoms with Gasteiger partial charge in [-0.05, 0) is 0 Å². The first kappa shape index (κ1) is 23.0. The summed E-state index contributed by atoms with van der Waals surface area (Å²) in [7, 11) is 0. The molecule has 0 spiro atoms. The zero-order valence-electron chi connectivity index (χ0n) is 4.92. The third-order valence-electron chi connectivity index (χ3n) is 0.167. The Bertz CT molecular complexity index is 57.2. The van der Waals surface area contributed by atoms with Crippen molar-refractivity contribution in [2.75, 3.05) is 13.1 Å². The van der Waals surface area contributed by atoms with Crippen molar-refractivity contribution in [3.63, 3.8) is 0 Å². The summed E-state index contributed by atoms with van der Waals surface area (Å²) >= 11 is 0. The summed E-state index contributed by atoms with van der Waals surface area (Å²) in [5.41, 5.74) is 9.81. The molecule has 0 heterocycles. The Hall–Kier alpha value is 2.66. The van der Waals surface area contributed by atoms with Crippen LogP contribution in [0, 0.1) is 0 Å². The van der Waals surface area contributed by atoms with E-state index in [0.29, 0.717) is 13.1 Å². The van der Waals surface area contributed by atoms with Crippen LogP contribution in [0.3, 0.4) is 0 Å². The maximum absolute atomic E-state index is 9.00. The molecule has 0 aromatic rings. The van der Waals surface area contributed by atoms with Gasteiger partial charge in [-0.15, -0.1) is 0 Å². The summed E-state index contributed by atoms with van der Waals surface area (Å²) in [6, 6.07) is 0. The van der Waals surface area contributed by atoms with E-state index >= 15 is 0 Å². The van der Waals surface area contributed by atoms with Crippen molar-refractivity contribution in [1.29, 1.82) is 0 Å². The first-order valence-electron chi connectivity index (χ1n) is 2.24. The van der Waals surface area contributed by atoms with Gasteiger partial charge < -0.3 is 16.6 Å². The Morgan fingerprint density at radius 3 is 1.40 bits per heavy atom. The maximum atomic E-state index is 9.00. The molecule has 0 bridgehead atoms. The van der Waals surface area contributed by atoms with Crippen LogP contribution < -0.4 is 11.5 Å². The minimum atomic E-state index is -0.833. The number of nitrogens with two attached hydrogens (primary N) is 2. The molecule has 0 aromatic carbocycles. The zero-order valence-corrected chi connectivity index (χ0v) is 4.92. The van der Waals surface area contributed by atoms with E-state index in [0.717, 1.165) is 6.92 Å². The van der Waals surface area contributed by atoms with Crippen LogP contribution in [0.4, 0.5) is 0 Å². The fourth-order valence-electron chi connectivity index (χ4n) is 0. The van der Waals surface area contributed by atoms with Crippen molar-refractivity contribution >= 4 is 109 Å². The summed E-state index contributed by atoms with van der Waals surface area (Å²) in [6.45, 7) is 2.28. The second-order valence-electron chi connectivity index (χ2n) is 1.10. The van der Waals surface area contributed by atoms with E-state index in [1.54, 1.807) is 0 Å². The number of carbonyl (C=O) groups is 1. The standard InChI is InChI=1S/C2H8N2.C2H4O2.2K.2H/c3-1-2-4;1-2(3)4;;;;/h1-4H2;1H3,(H,3,4);;;;. The summed E-state index contributed by atoms with van der Waals surface area (Å²) in [5, 5.41) is 7.42. The Balaban J connectivity index is -0.0000000300. The van der Waals surface area contributed by atoms with E-state index in [4.69, 9.17) is 21.4 Å². The number of hydrogen-bond acceptors (Lipinski definition) is 3. The van der Waals surface area contributed by atoms with E-state index in [1.807, 2.05) is 0 Å². The van der Waals surface area contributed by atoms with E-state index < -0.39 is 5.97 Å². The molecule has 0 aromatic heterocycles. The average molecular weight is 200 g/mol. The number of aliphatic carboxylic acids is 1. The van der Waals surface area contributed by atoms with Gasteiger partial charge in [0.1, 0.15) is 0 Å². The molecule has 0 radical (unpaired) electrons. The fourth-order valence-corrected chi connectivity index (χ4v) is 0. The van der Waals surface area contributed by atoms with Crippen LogP contribution in [0.5, 0.6) is 0 Å². The van der Waals surface area contributed by atoms with Gasteiger partial charge in [0.2, 0.25) is 0 Å². The van der Waals surface area contributed by atoms with Gasteiger partial charge in [0.15, 0.2) is 0 Å². The molecule has 0 atom stereocenters. The predicted octanol–water partition coefficient (Wildman–Crippen LogP) is -2.30. The molecular weight excluding hydrogens is 186 g/mol. The molecule has 4 nitrogen and oxygen atoms in total. The molecule has 10 heavy (non-hydrogen) atoms. The third kappa shape index (κ3) is 74.2. The van der Waals surface area contributed by atoms with E-state index in [-0.39, 0.29) is 103 Å². The molecule has 0 rings (SSSR count). The Labute approximate surface area is 146 Å². The van der Waals surface area contributed by atoms with Gasteiger partial charge >= 0.3 is 103 Å². The van der Waals surface area contributed by atoms with Gasteiger partial charge in [-0.2, -0.15) is 0 Å². The molecular formula is C4H14K2N2O2. The summed E-state index contributed by atoms with van der Waals surface area (Å²) in [4.78, 5) is 9.00. The quantitative estimate of drug-likeness (QED) is 0.415. The first-order valence-corrected chi connectivity index (χ1v) is 2.24. The SMILES string of the molecule is CC(=O)O.NCCN.[KH].[KH]. The predicted molar refractivity (Wildman–Crippen MR) is 45.7 cm³/mol. The second kappa shape index (κ2) is 22.6. The van der Waals surface area contributed by atoms with Crippen molar-refractivity contribution in [3.05, 3.63) is 0 Å². The molecule has 0 fully saturated rings. The van der Waals surface area contributed by atoms with Gasteiger partial charge in [0, 0.05) is 20.0 Å². The van der Waals surface area contributed by atoms with Crippen molar-refractivity contribution in [1.82, 2.24) is 0 Å². The Morgan fingerprint density at radius 1 is 1.30 bits per heavy atom. The Kier molecular flexibility index (Phi) is 51.8. The van der Waals surface area contributed by atoms with E-state index in [9.17, 15) is 0 Å². The number of rotatable bonds is 1. The van der Waals surface area contributed by atoms with Crippen molar-refractivity contribution < 1.29 is 9.90 Å². The molecule has 54 valence electrons.